The number of aromatic nitrogens is 3. The second-order valence-corrected chi connectivity index (χ2v) is 13.2. The number of aromatic amines is 1. The molecular weight excluding hydrogens is 610 g/mol. The van der Waals surface area contributed by atoms with E-state index >= 15 is 0 Å². The third-order valence-electron chi connectivity index (χ3n) is 6.85. The molecule has 1 saturated heterocycles. The summed E-state index contributed by atoms with van der Waals surface area (Å²) >= 11 is 1.50. The first-order chi connectivity index (χ1) is 21.2. The molecule has 0 bridgehead atoms. The maximum Gasteiger partial charge on any atom is 0.203 e. The second-order valence-electron chi connectivity index (χ2n) is 10.1. The maximum absolute atomic E-state index is 13.5. The van der Waals surface area contributed by atoms with Crippen molar-refractivity contribution in [1.29, 1.82) is 0 Å². The van der Waals surface area contributed by atoms with E-state index in [0.29, 0.717) is 71.8 Å². The summed E-state index contributed by atoms with van der Waals surface area (Å²) in [6, 6.07) is 7.04. The fourth-order valence-electron chi connectivity index (χ4n) is 4.90. The van der Waals surface area contributed by atoms with Crippen molar-refractivity contribution in [3.63, 3.8) is 0 Å². The number of sulfone groups is 1. The molecule has 3 aromatic rings. The Labute approximate surface area is 262 Å². The van der Waals surface area contributed by atoms with Gasteiger partial charge in [0.1, 0.15) is 22.8 Å². The lowest BCUT2D eigenvalue weighted by atomic mass is 10.0. The van der Waals surface area contributed by atoms with Crippen molar-refractivity contribution in [1.82, 2.24) is 15.2 Å². The molecule has 0 spiro atoms. The largest absolute Gasteiger partial charge is 0.493 e. The highest BCUT2D eigenvalue weighted by molar-refractivity contribution is 7.99. The van der Waals surface area contributed by atoms with Crippen LogP contribution in [-0.2, 0) is 19.4 Å². The number of hydrogen-bond donors (Lipinski definition) is 1. The van der Waals surface area contributed by atoms with E-state index in [1.807, 2.05) is 19.1 Å². The average Bonchev–Trinajstić information content (AvgIpc) is 3.71. The fraction of sp³-hybridized carbons (Fsp3) is 0.500. The van der Waals surface area contributed by atoms with Crippen LogP contribution in [0.5, 0.6) is 28.7 Å². The van der Waals surface area contributed by atoms with Gasteiger partial charge in [-0.05, 0) is 68.0 Å². The lowest BCUT2D eigenvalue weighted by molar-refractivity contribution is -0.114. The third kappa shape index (κ3) is 8.16. The molecule has 44 heavy (non-hydrogen) atoms. The molecule has 0 radical (unpaired) electrons. The molecule has 2 atom stereocenters. The zero-order valence-corrected chi connectivity index (χ0v) is 27.2. The van der Waals surface area contributed by atoms with Crippen LogP contribution in [-0.4, -0.2) is 75.4 Å². The molecule has 1 aliphatic rings. The molecule has 1 aromatic heterocycles. The predicted molar refractivity (Wildman–Crippen MR) is 164 cm³/mol. The summed E-state index contributed by atoms with van der Waals surface area (Å²) in [6.07, 6.45) is 3.31. The number of thioether (sulfide) groups is 1. The minimum absolute atomic E-state index is 0.0791. The minimum atomic E-state index is -4.03. The van der Waals surface area contributed by atoms with E-state index in [-0.39, 0.29) is 23.4 Å². The summed E-state index contributed by atoms with van der Waals surface area (Å²) in [5.74, 6) is 1.51. The van der Waals surface area contributed by atoms with Crippen molar-refractivity contribution in [2.45, 2.75) is 61.8 Å². The SMILES string of the molecule is CCCOc1c(OCCCSc2ncn[nH]2)cc(C2CCC(c3cc(OC)c(OC)c(OC)c3)O2)cc1S(=O)(=O)CC(C)=O. The quantitative estimate of drug-likeness (QED) is 0.153. The molecule has 4 rings (SSSR count). The van der Waals surface area contributed by atoms with E-state index in [0.717, 1.165) is 5.56 Å². The van der Waals surface area contributed by atoms with Gasteiger partial charge >= 0.3 is 0 Å². The summed E-state index contributed by atoms with van der Waals surface area (Å²) in [5, 5.41) is 7.35. The molecule has 2 aromatic carbocycles. The summed E-state index contributed by atoms with van der Waals surface area (Å²) in [6.45, 7) is 3.76. The monoisotopic (exact) mass is 649 g/mol. The number of H-pyrrole nitrogens is 1. The van der Waals surface area contributed by atoms with Gasteiger partial charge < -0.3 is 28.4 Å². The molecule has 14 heteroatoms. The van der Waals surface area contributed by atoms with Crippen molar-refractivity contribution < 1.29 is 41.6 Å². The highest BCUT2D eigenvalue weighted by atomic mass is 32.2. The van der Waals surface area contributed by atoms with Crippen molar-refractivity contribution in [3.8, 4) is 28.7 Å². The number of carbonyl (C=O) groups excluding carboxylic acids is 1. The Bertz CT molecular complexity index is 1490. The predicted octanol–water partition coefficient (Wildman–Crippen LogP) is 5.14. The number of ether oxygens (including phenoxy) is 6. The van der Waals surface area contributed by atoms with Crippen molar-refractivity contribution in [3.05, 3.63) is 41.7 Å². The van der Waals surface area contributed by atoms with Crippen LogP contribution >= 0.6 is 11.8 Å². The average molecular weight is 650 g/mol. The van der Waals surface area contributed by atoms with Crippen LogP contribution in [0.3, 0.4) is 0 Å². The zero-order chi connectivity index (χ0) is 31.7. The molecule has 0 saturated carbocycles. The third-order valence-corrected chi connectivity index (χ3v) is 9.57. The molecule has 1 fully saturated rings. The van der Waals surface area contributed by atoms with Crippen LogP contribution in [0.1, 0.15) is 62.9 Å². The fourth-order valence-corrected chi connectivity index (χ4v) is 7.04. The molecule has 1 aliphatic heterocycles. The zero-order valence-electron chi connectivity index (χ0n) is 25.6. The van der Waals surface area contributed by atoms with Gasteiger partial charge in [0.15, 0.2) is 38.0 Å². The van der Waals surface area contributed by atoms with Gasteiger partial charge in [-0.15, -0.1) is 0 Å². The number of carbonyl (C=O) groups is 1. The normalized spacial score (nSPS) is 16.5. The van der Waals surface area contributed by atoms with Crippen molar-refractivity contribution in [2.24, 2.45) is 0 Å². The smallest absolute Gasteiger partial charge is 0.203 e. The molecule has 2 heterocycles. The van der Waals surface area contributed by atoms with Crippen molar-refractivity contribution in [2.75, 3.05) is 46.0 Å². The molecule has 1 N–H and O–H groups in total. The van der Waals surface area contributed by atoms with Crippen LogP contribution in [0, 0.1) is 0 Å². The van der Waals surface area contributed by atoms with Gasteiger partial charge in [-0.1, -0.05) is 18.7 Å². The number of rotatable bonds is 17. The molecule has 0 amide bonds. The number of ketones is 1. The second kappa shape index (κ2) is 15.5. The van der Waals surface area contributed by atoms with E-state index in [9.17, 15) is 13.2 Å². The molecule has 0 aliphatic carbocycles. The molecule has 240 valence electrons. The van der Waals surface area contributed by atoms with Gasteiger partial charge in [0.2, 0.25) is 5.75 Å². The highest BCUT2D eigenvalue weighted by Gasteiger charge is 2.33. The van der Waals surface area contributed by atoms with Crippen LogP contribution in [0.4, 0.5) is 0 Å². The van der Waals surface area contributed by atoms with Crippen LogP contribution in [0.25, 0.3) is 0 Å². The first-order valence-electron chi connectivity index (χ1n) is 14.3. The first-order valence-corrected chi connectivity index (χ1v) is 16.9. The van der Waals surface area contributed by atoms with E-state index < -0.39 is 27.5 Å². The Morgan fingerprint density at radius 2 is 1.61 bits per heavy atom. The van der Waals surface area contributed by atoms with Gasteiger partial charge in [0, 0.05) is 5.75 Å². The van der Waals surface area contributed by atoms with Crippen LogP contribution < -0.4 is 23.7 Å². The summed E-state index contributed by atoms with van der Waals surface area (Å²) in [7, 11) is 0.622. The Kier molecular flexibility index (Phi) is 11.8. The van der Waals surface area contributed by atoms with Gasteiger partial charge in [-0.3, -0.25) is 9.89 Å². The Morgan fingerprint density at radius 3 is 2.18 bits per heavy atom. The molecular formula is C30H39N3O9S2. The topological polar surface area (TPSA) is 148 Å². The van der Waals surface area contributed by atoms with E-state index in [1.54, 1.807) is 33.5 Å². The van der Waals surface area contributed by atoms with E-state index in [4.69, 9.17) is 28.4 Å². The van der Waals surface area contributed by atoms with E-state index in [2.05, 4.69) is 15.2 Å². The molecule has 12 nitrogen and oxygen atoms in total. The number of methoxy groups -OCH3 is 3. The Hall–Kier alpha value is -3.49. The summed E-state index contributed by atoms with van der Waals surface area (Å²) in [5.41, 5.74) is 1.46. The van der Waals surface area contributed by atoms with Gasteiger partial charge in [-0.25, -0.2) is 13.4 Å². The van der Waals surface area contributed by atoms with Gasteiger partial charge in [0.25, 0.3) is 0 Å². The van der Waals surface area contributed by atoms with Gasteiger partial charge in [0.05, 0.1) is 46.8 Å². The number of nitrogens with zero attached hydrogens (tertiary/aromatic N) is 2. The maximum atomic E-state index is 13.5. The number of nitrogens with one attached hydrogen (secondary N) is 1. The van der Waals surface area contributed by atoms with Crippen LogP contribution in [0.15, 0.2) is 40.6 Å². The molecule has 2 unspecified atom stereocenters. The number of benzene rings is 2. The van der Waals surface area contributed by atoms with Crippen LogP contribution in [0.2, 0.25) is 0 Å². The summed E-state index contributed by atoms with van der Waals surface area (Å²) in [4.78, 5) is 16.0. The van der Waals surface area contributed by atoms with Gasteiger partial charge in [-0.2, -0.15) is 5.10 Å². The Balaban J connectivity index is 1.64. The lowest BCUT2D eigenvalue weighted by Crippen LogP contribution is -2.16. The number of hydrogen-bond acceptors (Lipinski definition) is 12. The first kappa shape index (κ1) is 33.4. The number of Topliss-reactive ketones (excluding diaryl/α,β-unsaturated/α-hetero) is 1. The van der Waals surface area contributed by atoms with E-state index in [1.165, 1.54) is 25.0 Å². The lowest BCUT2D eigenvalue weighted by Gasteiger charge is -2.21. The standard InChI is InChI=1S/C30H39N3O9S2/c1-6-10-41-29-26(40-11-7-12-43-30-31-18-32-33-30)15-21(16-27(29)44(35,36)17-19(2)34)23-9-8-22(42-23)20-13-24(37-3)28(39-5)25(14-20)38-4/h13-16,18,22-23H,6-12,17H2,1-5H3,(H,31,32,33). The summed E-state index contributed by atoms with van der Waals surface area (Å²) < 4.78 is 62.1. The Morgan fingerprint density at radius 1 is 0.955 bits per heavy atom. The van der Waals surface area contributed by atoms with Crippen molar-refractivity contribution >= 4 is 27.4 Å². The minimum Gasteiger partial charge on any atom is -0.493 e. The highest BCUT2D eigenvalue weighted by Crippen LogP contribution is 2.48.